The molecule has 2 aliphatic heterocycles. The third-order valence-corrected chi connectivity index (χ3v) is 2.59. The highest BCUT2D eigenvalue weighted by Crippen LogP contribution is 2.20. The van der Waals surface area contributed by atoms with E-state index < -0.39 is 0 Å². The van der Waals surface area contributed by atoms with Gasteiger partial charge in [0, 0.05) is 18.8 Å². The number of aliphatic imine (C=N–C) groups is 1. The summed E-state index contributed by atoms with van der Waals surface area (Å²) in [4.78, 5) is 6.55. The van der Waals surface area contributed by atoms with Gasteiger partial charge in [-0.3, -0.25) is 4.99 Å². The van der Waals surface area contributed by atoms with Gasteiger partial charge in [-0.15, -0.1) is 0 Å². The van der Waals surface area contributed by atoms with Crippen molar-refractivity contribution in [2.45, 2.75) is 13.0 Å². The Labute approximate surface area is 83.0 Å². The van der Waals surface area contributed by atoms with Crippen LogP contribution in [0.5, 0.6) is 0 Å². The van der Waals surface area contributed by atoms with Crippen LogP contribution in [0, 0.1) is 0 Å². The Morgan fingerprint density at radius 3 is 2.77 bits per heavy atom. The molecule has 2 rings (SSSR count). The minimum absolute atomic E-state index is 0.214. The first-order valence-corrected chi connectivity index (χ1v) is 4.93. The maximum atomic E-state index is 5.84. The van der Waals surface area contributed by atoms with Crippen LogP contribution in [-0.4, -0.2) is 42.4 Å². The molecule has 4 heteroatoms. The van der Waals surface area contributed by atoms with Gasteiger partial charge in [-0.05, 0) is 13.0 Å². The Hall–Kier alpha value is -0.540. The van der Waals surface area contributed by atoms with Gasteiger partial charge < -0.3 is 9.64 Å². The maximum Gasteiger partial charge on any atom is 0.126 e. The maximum absolute atomic E-state index is 5.84. The number of nitrogens with zero attached hydrogens (tertiary/aromatic N) is 2. The number of rotatable bonds is 1. The van der Waals surface area contributed by atoms with Gasteiger partial charge in [-0.1, -0.05) is 11.6 Å². The van der Waals surface area contributed by atoms with E-state index in [1.807, 2.05) is 6.08 Å². The summed E-state index contributed by atoms with van der Waals surface area (Å²) < 4.78 is 5.28. The van der Waals surface area contributed by atoms with Crippen LogP contribution in [0.4, 0.5) is 0 Å². The molecule has 0 bridgehead atoms. The minimum Gasteiger partial charge on any atom is -0.378 e. The van der Waals surface area contributed by atoms with Gasteiger partial charge in [-0.25, -0.2) is 0 Å². The molecular weight excluding hydrogens is 188 g/mol. The van der Waals surface area contributed by atoms with Crippen molar-refractivity contribution in [2.75, 3.05) is 26.3 Å². The molecule has 3 nitrogen and oxygen atoms in total. The summed E-state index contributed by atoms with van der Waals surface area (Å²) in [7, 11) is 0. The van der Waals surface area contributed by atoms with E-state index in [0.29, 0.717) is 5.17 Å². The van der Waals surface area contributed by atoms with Gasteiger partial charge >= 0.3 is 0 Å². The number of hydrogen-bond acceptors (Lipinski definition) is 3. The average molecular weight is 201 g/mol. The second kappa shape index (κ2) is 3.68. The molecular formula is C9H13ClN2O. The predicted molar refractivity (Wildman–Crippen MR) is 53.2 cm³/mol. The first-order valence-electron chi connectivity index (χ1n) is 4.55. The molecule has 2 aliphatic rings. The van der Waals surface area contributed by atoms with Crippen LogP contribution in [0.1, 0.15) is 6.92 Å². The molecule has 0 saturated carbocycles. The molecule has 72 valence electrons. The Kier molecular flexibility index (Phi) is 2.56. The first kappa shape index (κ1) is 9.03. The normalized spacial score (nSPS) is 28.8. The highest BCUT2D eigenvalue weighted by atomic mass is 35.5. The fraction of sp³-hybridized carbons (Fsp3) is 0.667. The molecule has 1 fully saturated rings. The molecule has 0 aromatic rings. The molecule has 1 atom stereocenters. The topological polar surface area (TPSA) is 24.8 Å². The summed E-state index contributed by atoms with van der Waals surface area (Å²) in [5, 5.41) is 0.619. The van der Waals surface area contributed by atoms with Crippen LogP contribution in [0.2, 0.25) is 0 Å². The van der Waals surface area contributed by atoms with E-state index in [1.54, 1.807) is 0 Å². The Morgan fingerprint density at radius 2 is 2.23 bits per heavy atom. The van der Waals surface area contributed by atoms with Crippen molar-refractivity contribution in [3.63, 3.8) is 0 Å². The summed E-state index contributed by atoms with van der Waals surface area (Å²) >= 11 is 5.84. The van der Waals surface area contributed by atoms with Crippen LogP contribution in [-0.2, 0) is 4.74 Å². The average Bonchev–Trinajstić information content (AvgIpc) is 2.47. The molecule has 0 amide bonds. The quantitative estimate of drug-likeness (QED) is 0.637. The van der Waals surface area contributed by atoms with E-state index in [4.69, 9.17) is 16.3 Å². The van der Waals surface area contributed by atoms with E-state index >= 15 is 0 Å². The van der Waals surface area contributed by atoms with Gasteiger partial charge in [0.1, 0.15) is 5.17 Å². The number of allylic oxidation sites excluding steroid dienone is 1. The highest BCUT2D eigenvalue weighted by molar-refractivity contribution is 6.68. The SMILES string of the molecule is CC1N=C(Cl)C=C1N1CCOCC1. The third-order valence-electron chi connectivity index (χ3n) is 2.39. The summed E-state index contributed by atoms with van der Waals surface area (Å²) in [6.07, 6.45) is 1.96. The van der Waals surface area contributed by atoms with E-state index in [0.717, 1.165) is 26.3 Å². The fourth-order valence-electron chi connectivity index (χ4n) is 1.71. The predicted octanol–water partition coefficient (Wildman–Crippen LogP) is 1.24. The number of halogens is 1. The second-order valence-corrected chi connectivity index (χ2v) is 3.68. The van der Waals surface area contributed by atoms with Gasteiger partial charge in [0.15, 0.2) is 0 Å². The van der Waals surface area contributed by atoms with Gasteiger partial charge in [-0.2, -0.15) is 0 Å². The minimum atomic E-state index is 0.214. The van der Waals surface area contributed by atoms with Crippen molar-refractivity contribution in [1.82, 2.24) is 4.90 Å². The van der Waals surface area contributed by atoms with Crippen LogP contribution < -0.4 is 0 Å². The van der Waals surface area contributed by atoms with Crippen LogP contribution >= 0.6 is 11.6 Å². The van der Waals surface area contributed by atoms with Gasteiger partial charge in [0.2, 0.25) is 0 Å². The summed E-state index contributed by atoms with van der Waals surface area (Å²) in [5.74, 6) is 0. The molecule has 0 aromatic heterocycles. The highest BCUT2D eigenvalue weighted by Gasteiger charge is 2.22. The van der Waals surface area contributed by atoms with Crippen molar-refractivity contribution < 1.29 is 4.74 Å². The summed E-state index contributed by atoms with van der Waals surface area (Å²) in [5.41, 5.74) is 1.23. The smallest absolute Gasteiger partial charge is 0.126 e. The number of morpholine rings is 1. The van der Waals surface area contributed by atoms with Crippen molar-refractivity contribution >= 4 is 16.8 Å². The third kappa shape index (κ3) is 1.86. The summed E-state index contributed by atoms with van der Waals surface area (Å²) in [6, 6.07) is 0.214. The fourth-order valence-corrected chi connectivity index (χ4v) is 1.97. The van der Waals surface area contributed by atoms with E-state index in [9.17, 15) is 0 Å². The second-order valence-electron chi connectivity index (χ2n) is 3.30. The molecule has 0 aromatic carbocycles. The molecule has 0 N–H and O–H groups in total. The summed E-state index contributed by atoms with van der Waals surface area (Å²) in [6.45, 7) is 5.59. The van der Waals surface area contributed by atoms with Crippen LogP contribution in [0.15, 0.2) is 16.8 Å². The zero-order valence-corrected chi connectivity index (χ0v) is 8.42. The lowest BCUT2D eigenvalue weighted by Gasteiger charge is -2.31. The van der Waals surface area contributed by atoms with E-state index in [-0.39, 0.29) is 6.04 Å². The molecule has 1 saturated heterocycles. The monoisotopic (exact) mass is 200 g/mol. The number of ether oxygens (including phenoxy) is 1. The van der Waals surface area contributed by atoms with Crippen molar-refractivity contribution in [3.05, 3.63) is 11.8 Å². The molecule has 0 radical (unpaired) electrons. The first-order chi connectivity index (χ1) is 6.27. The van der Waals surface area contributed by atoms with Crippen molar-refractivity contribution in [3.8, 4) is 0 Å². The lowest BCUT2D eigenvalue weighted by Crippen LogP contribution is -2.37. The standard InChI is InChI=1S/C9H13ClN2O/c1-7-8(6-9(10)11-7)12-2-4-13-5-3-12/h6-7H,2-5H2,1H3. The Balaban J connectivity index is 2.05. The molecule has 2 heterocycles. The van der Waals surface area contributed by atoms with Crippen LogP contribution in [0.3, 0.4) is 0 Å². The zero-order chi connectivity index (χ0) is 9.26. The lowest BCUT2D eigenvalue weighted by atomic mass is 10.2. The lowest BCUT2D eigenvalue weighted by molar-refractivity contribution is 0.0517. The zero-order valence-electron chi connectivity index (χ0n) is 7.66. The van der Waals surface area contributed by atoms with Gasteiger partial charge in [0.25, 0.3) is 0 Å². The molecule has 13 heavy (non-hydrogen) atoms. The van der Waals surface area contributed by atoms with Crippen molar-refractivity contribution in [1.29, 1.82) is 0 Å². The van der Waals surface area contributed by atoms with Crippen LogP contribution in [0.25, 0.3) is 0 Å². The Bertz CT molecular complexity index is 256. The molecule has 0 aliphatic carbocycles. The molecule has 0 spiro atoms. The number of hydrogen-bond donors (Lipinski definition) is 0. The van der Waals surface area contributed by atoms with Gasteiger partial charge in [0.05, 0.1) is 19.3 Å². The van der Waals surface area contributed by atoms with E-state index in [2.05, 4.69) is 16.8 Å². The largest absolute Gasteiger partial charge is 0.378 e. The molecule has 1 unspecified atom stereocenters. The van der Waals surface area contributed by atoms with Crippen molar-refractivity contribution in [2.24, 2.45) is 4.99 Å². The Morgan fingerprint density at radius 1 is 1.54 bits per heavy atom. The van der Waals surface area contributed by atoms with E-state index in [1.165, 1.54) is 5.70 Å².